The largest absolute Gasteiger partial charge is 0.288 e. The molecule has 0 saturated heterocycles. The Hall–Kier alpha value is -0.0900. The SMILES string of the molecule is CCCCCC.O=[SH](=O)O. The van der Waals surface area contributed by atoms with E-state index >= 15 is 0 Å². The van der Waals surface area contributed by atoms with Crippen LogP contribution in [-0.2, 0) is 11.0 Å². The van der Waals surface area contributed by atoms with Gasteiger partial charge in [-0.15, -0.1) is 0 Å². The zero-order chi connectivity index (χ0) is 8.41. The second-order valence-electron chi connectivity index (χ2n) is 1.94. The molecular weight excluding hydrogens is 152 g/mol. The van der Waals surface area contributed by atoms with E-state index in [1.54, 1.807) is 0 Å². The highest BCUT2D eigenvalue weighted by Gasteiger charge is 1.75. The van der Waals surface area contributed by atoms with Gasteiger partial charge in [0.1, 0.15) is 0 Å². The zero-order valence-corrected chi connectivity index (χ0v) is 7.43. The van der Waals surface area contributed by atoms with Crippen molar-refractivity contribution >= 4 is 11.0 Å². The fraction of sp³-hybridized carbons (Fsp3) is 1.00. The van der Waals surface area contributed by atoms with E-state index in [0.717, 1.165) is 0 Å². The van der Waals surface area contributed by atoms with Crippen molar-refractivity contribution in [2.24, 2.45) is 0 Å². The number of hydrogen-bond donors (Lipinski definition) is 2. The summed E-state index contributed by atoms with van der Waals surface area (Å²) in [6.07, 6.45) is 5.54. The van der Waals surface area contributed by atoms with Gasteiger partial charge in [-0.25, -0.2) is 8.42 Å². The molecule has 0 aliphatic heterocycles. The van der Waals surface area contributed by atoms with Crippen molar-refractivity contribution < 1.29 is 13.0 Å². The minimum atomic E-state index is -3.12. The highest BCUT2D eigenvalue weighted by molar-refractivity contribution is 7.66. The number of unbranched alkanes of at least 4 members (excludes halogenated alkanes) is 3. The Morgan fingerprint density at radius 2 is 1.30 bits per heavy atom. The maximum Gasteiger partial charge on any atom is 0.254 e. The Morgan fingerprint density at radius 3 is 1.40 bits per heavy atom. The van der Waals surface area contributed by atoms with Crippen LogP contribution < -0.4 is 0 Å². The molecule has 0 atom stereocenters. The molecule has 0 heterocycles. The third-order valence-corrected chi connectivity index (χ3v) is 0.957. The van der Waals surface area contributed by atoms with Crippen molar-refractivity contribution in [1.29, 1.82) is 0 Å². The summed E-state index contributed by atoms with van der Waals surface area (Å²) in [5.74, 6) is 0. The van der Waals surface area contributed by atoms with Crippen molar-refractivity contribution in [3.8, 4) is 0 Å². The van der Waals surface area contributed by atoms with Gasteiger partial charge in [-0.05, 0) is 0 Å². The lowest BCUT2D eigenvalue weighted by molar-refractivity contribution is 0.509. The summed E-state index contributed by atoms with van der Waals surface area (Å²) in [4.78, 5) is 0. The summed E-state index contributed by atoms with van der Waals surface area (Å²) >= 11 is 0. The molecule has 0 rings (SSSR count). The Kier molecular flexibility index (Phi) is 14.7. The highest BCUT2D eigenvalue weighted by atomic mass is 32.2. The summed E-state index contributed by atoms with van der Waals surface area (Å²) < 4.78 is 24.2. The van der Waals surface area contributed by atoms with Crippen molar-refractivity contribution in [2.75, 3.05) is 0 Å². The lowest BCUT2D eigenvalue weighted by atomic mass is 10.2. The van der Waals surface area contributed by atoms with E-state index in [1.165, 1.54) is 25.7 Å². The van der Waals surface area contributed by atoms with Crippen LogP contribution in [0, 0.1) is 0 Å². The molecule has 4 heteroatoms. The van der Waals surface area contributed by atoms with Gasteiger partial charge in [0.05, 0.1) is 0 Å². The molecule has 10 heavy (non-hydrogen) atoms. The molecule has 1 N–H and O–H groups in total. The van der Waals surface area contributed by atoms with Gasteiger partial charge in [0.2, 0.25) is 0 Å². The van der Waals surface area contributed by atoms with Gasteiger partial charge in [0.25, 0.3) is 11.0 Å². The second-order valence-corrected chi connectivity index (χ2v) is 2.42. The minimum Gasteiger partial charge on any atom is -0.288 e. The fourth-order valence-corrected chi connectivity index (χ4v) is 0.500. The molecule has 0 aromatic rings. The van der Waals surface area contributed by atoms with Crippen molar-refractivity contribution in [3.05, 3.63) is 0 Å². The van der Waals surface area contributed by atoms with E-state index in [9.17, 15) is 0 Å². The maximum atomic E-state index is 8.59. The Bertz CT molecular complexity index is 97.6. The molecule has 0 saturated carbocycles. The highest BCUT2D eigenvalue weighted by Crippen LogP contribution is 1.95. The van der Waals surface area contributed by atoms with Gasteiger partial charge < -0.3 is 0 Å². The topological polar surface area (TPSA) is 54.4 Å². The maximum absolute atomic E-state index is 8.59. The first-order valence-corrected chi connectivity index (χ1v) is 4.61. The van der Waals surface area contributed by atoms with E-state index in [-0.39, 0.29) is 0 Å². The van der Waals surface area contributed by atoms with E-state index in [2.05, 4.69) is 13.8 Å². The van der Waals surface area contributed by atoms with Crippen molar-refractivity contribution in [2.45, 2.75) is 39.5 Å². The molecule has 0 amide bonds. The van der Waals surface area contributed by atoms with Crippen LogP contribution in [0.3, 0.4) is 0 Å². The van der Waals surface area contributed by atoms with Crippen LogP contribution in [0.2, 0.25) is 0 Å². The first-order chi connectivity index (χ1) is 4.65. The standard InChI is InChI=1S/C6H14.H2O3S/c1-3-5-6-4-2;1-4(2)3/h3-6H2,1-2H3;4H,(H,1,2,3). The third kappa shape index (κ3) is 44.6. The van der Waals surface area contributed by atoms with Gasteiger partial charge in [0.15, 0.2) is 0 Å². The normalized spacial score (nSPS) is 8.80. The molecule has 0 spiro atoms. The number of rotatable bonds is 3. The molecule has 3 nitrogen and oxygen atoms in total. The van der Waals surface area contributed by atoms with E-state index < -0.39 is 11.0 Å². The van der Waals surface area contributed by atoms with Crippen LogP contribution in [0.5, 0.6) is 0 Å². The first kappa shape index (κ1) is 12.6. The molecule has 0 unspecified atom stereocenters. The molecule has 0 aliphatic rings. The Morgan fingerprint density at radius 1 is 1.10 bits per heavy atom. The van der Waals surface area contributed by atoms with Crippen LogP contribution in [0.4, 0.5) is 0 Å². The van der Waals surface area contributed by atoms with Crippen LogP contribution in [0.25, 0.3) is 0 Å². The molecule has 0 radical (unpaired) electrons. The van der Waals surface area contributed by atoms with Crippen LogP contribution in [-0.4, -0.2) is 13.0 Å². The Balaban J connectivity index is 0. The summed E-state index contributed by atoms with van der Waals surface area (Å²) in [5.41, 5.74) is 0. The number of hydrogen-bond acceptors (Lipinski definition) is 2. The average molecular weight is 168 g/mol. The lowest BCUT2D eigenvalue weighted by Gasteiger charge is -1.86. The monoisotopic (exact) mass is 168 g/mol. The van der Waals surface area contributed by atoms with E-state index in [1.807, 2.05) is 0 Å². The zero-order valence-electron chi connectivity index (χ0n) is 6.54. The third-order valence-electron chi connectivity index (χ3n) is 0.957. The van der Waals surface area contributed by atoms with E-state index in [0.29, 0.717) is 0 Å². The molecule has 0 bridgehead atoms. The van der Waals surface area contributed by atoms with Crippen molar-refractivity contribution in [3.63, 3.8) is 0 Å². The van der Waals surface area contributed by atoms with Gasteiger partial charge in [-0.3, -0.25) is 4.55 Å². The van der Waals surface area contributed by atoms with Gasteiger partial charge in [-0.2, -0.15) is 0 Å². The molecule has 0 fully saturated rings. The lowest BCUT2D eigenvalue weighted by Crippen LogP contribution is -1.66. The predicted molar refractivity (Wildman–Crippen MR) is 42.8 cm³/mol. The summed E-state index contributed by atoms with van der Waals surface area (Å²) in [5, 5.41) is 0. The van der Waals surface area contributed by atoms with E-state index in [4.69, 9.17) is 13.0 Å². The van der Waals surface area contributed by atoms with Crippen LogP contribution >= 0.6 is 0 Å². The second kappa shape index (κ2) is 11.7. The summed E-state index contributed by atoms with van der Waals surface area (Å²) in [6, 6.07) is 0. The van der Waals surface area contributed by atoms with Crippen LogP contribution in [0.1, 0.15) is 39.5 Å². The smallest absolute Gasteiger partial charge is 0.254 e. The molecule has 0 aromatic heterocycles. The quantitative estimate of drug-likeness (QED) is 0.383. The Labute approximate surface area is 64.2 Å². The summed E-state index contributed by atoms with van der Waals surface area (Å²) in [6.45, 7) is 4.46. The molecule has 0 aliphatic carbocycles. The number of thiol groups is 1. The minimum absolute atomic E-state index is 1.36. The van der Waals surface area contributed by atoms with Gasteiger partial charge >= 0.3 is 0 Å². The van der Waals surface area contributed by atoms with Gasteiger partial charge in [-0.1, -0.05) is 39.5 Å². The molecule has 64 valence electrons. The molecule has 0 aromatic carbocycles. The molecular formula is C6H16O3S. The fourth-order valence-electron chi connectivity index (χ4n) is 0.500. The average Bonchev–Trinajstić information content (AvgIpc) is 1.82. The van der Waals surface area contributed by atoms with Crippen LogP contribution in [0.15, 0.2) is 0 Å². The first-order valence-electron chi connectivity index (χ1n) is 3.48. The van der Waals surface area contributed by atoms with Gasteiger partial charge in [0, 0.05) is 0 Å². The van der Waals surface area contributed by atoms with Crippen molar-refractivity contribution in [1.82, 2.24) is 0 Å². The summed E-state index contributed by atoms with van der Waals surface area (Å²) in [7, 11) is -3.12. The predicted octanol–water partition coefficient (Wildman–Crippen LogP) is 1.66.